The van der Waals surface area contributed by atoms with Crippen LogP contribution in [-0.2, 0) is 11.3 Å². The summed E-state index contributed by atoms with van der Waals surface area (Å²) in [6.45, 7) is 3.00. The Morgan fingerprint density at radius 2 is 2.44 bits per heavy atom. The molecule has 4 heteroatoms. The van der Waals surface area contributed by atoms with Crippen LogP contribution in [-0.4, -0.2) is 24.2 Å². The molecule has 0 saturated heterocycles. The van der Waals surface area contributed by atoms with Gasteiger partial charge in [0.25, 0.3) is 0 Å². The van der Waals surface area contributed by atoms with Gasteiger partial charge >= 0.3 is 0 Å². The molecule has 3 nitrogen and oxygen atoms in total. The molecule has 1 heterocycles. The Morgan fingerprint density at radius 3 is 3.12 bits per heavy atom. The van der Waals surface area contributed by atoms with Crippen LogP contribution in [0.4, 0.5) is 0 Å². The number of nitrogens with zero attached hydrogens (tertiary/aromatic N) is 1. The van der Waals surface area contributed by atoms with Crippen molar-refractivity contribution in [3.05, 3.63) is 16.1 Å². The maximum atomic E-state index is 5.42. The van der Waals surface area contributed by atoms with Crippen molar-refractivity contribution in [1.82, 2.24) is 10.3 Å². The first-order valence-electron chi connectivity index (χ1n) is 5.95. The van der Waals surface area contributed by atoms with Gasteiger partial charge in [-0.25, -0.2) is 4.98 Å². The SMILES string of the molecule is COC1CCCC(NCc2ncc(C)s2)C1. The average molecular weight is 240 g/mol. The van der Waals surface area contributed by atoms with Crippen molar-refractivity contribution in [1.29, 1.82) is 0 Å². The van der Waals surface area contributed by atoms with E-state index in [1.807, 2.05) is 13.3 Å². The van der Waals surface area contributed by atoms with Crippen LogP contribution in [0.5, 0.6) is 0 Å². The van der Waals surface area contributed by atoms with Crippen molar-refractivity contribution in [3.63, 3.8) is 0 Å². The lowest BCUT2D eigenvalue weighted by atomic mass is 9.93. The first-order chi connectivity index (χ1) is 7.78. The molecule has 0 radical (unpaired) electrons. The summed E-state index contributed by atoms with van der Waals surface area (Å²) in [5.74, 6) is 0. The third-order valence-corrected chi connectivity index (χ3v) is 4.08. The summed E-state index contributed by atoms with van der Waals surface area (Å²) in [6.07, 6.45) is 7.29. The minimum absolute atomic E-state index is 0.448. The van der Waals surface area contributed by atoms with Gasteiger partial charge in [0.05, 0.1) is 6.10 Å². The molecule has 0 aromatic carbocycles. The Morgan fingerprint density at radius 1 is 1.56 bits per heavy atom. The lowest BCUT2D eigenvalue weighted by molar-refractivity contribution is 0.0586. The van der Waals surface area contributed by atoms with Crippen molar-refractivity contribution in [2.45, 2.75) is 51.3 Å². The predicted molar refractivity (Wildman–Crippen MR) is 66.7 cm³/mol. The van der Waals surface area contributed by atoms with E-state index in [0.717, 1.165) is 13.0 Å². The second kappa shape index (κ2) is 5.75. The number of hydrogen-bond acceptors (Lipinski definition) is 4. The maximum absolute atomic E-state index is 5.42. The van der Waals surface area contributed by atoms with Crippen LogP contribution < -0.4 is 5.32 Å². The second-order valence-corrected chi connectivity index (χ2v) is 5.79. The van der Waals surface area contributed by atoms with Crippen molar-refractivity contribution >= 4 is 11.3 Å². The summed E-state index contributed by atoms with van der Waals surface area (Å²) in [5.41, 5.74) is 0. The van der Waals surface area contributed by atoms with Gasteiger partial charge in [-0.1, -0.05) is 0 Å². The molecule has 1 saturated carbocycles. The van der Waals surface area contributed by atoms with Crippen molar-refractivity contribution in [2.24, 2.45) is 0 Å². The molecule has 0 bridgehead atoms. The van der Waals surface area contributed by atoms with E-state index in [2.05, 4.69) is 17.2 Å². The summed E-state index contributed by atoms with van der Waals surface area (Å²) in [7, 11) is 1.82. The minimum atomic E-state index is 0.448. The van der Waals surface area contributed by atoms with E-state index in [-0.39, 0.29) is 0 Å². The van der Waals surface area contributed by atoms with Crippen LogP contribution in [0.25, 0.3) is 0 Å². The number of ether oxygens (including phenoxy) is 1. The van der Waals surface area contributed by atoms with Crippen molar-refractivity contribution in [3.8, 4) is 0 Å². The Hall–Kier alpha value is -0.450. The van der Waals surface area contributed by atoms with E-state index in [4.69, 9.17) is 4.74 Å². The van der Waals surface area contributed by atoms with Crippen LogP contribution in [0, 0.1) is 6.92 Å². The van der Waals surface area contributed by atoms with Crippen molar-refractivity contribution in [2.75, 3.05) is 7.11 Å². The van der Waals surface area contributed by atoms with Gasteiger partial charge in [0.15, 0.2) is 0 Å². The fourth-order valence-corrected chi connectivity index (χ4v) is 3.00. The van der Waals surface area contributed by atoms with Crippen molar-refractivity contribution < 1.29 is 4.74 Å². The van der Waals surface area contributed by atoms with Gasteiger partial charge < -0.3 is 10.1 Å². The summed E-state index contributed by atoms with van der Waals surface area (Å²) in [4.78, 5) is 5.65. The number of aromatic nitrogens is 1. The monoisotopic (exact) mass is 240 g/mol. The van der Waals surface area contributed by atoms with E-state index < -0.39 is 0 Å². The molecule has 1 N–H and O–H groups in total. The predicted octanol–water partition coefficient (Wildman–Crippen LogP) is 2.50. The number of rotatable bonds is 4. The maximum Gasteiger partial charge on any atom is 0.107 e. The van der Waals surface area contributed by atoms with E-state index in [0.29, 0.717) is 12.1 Å². The Bertz CT molecular complexity index is 327. The molecular weight excluding hydrogens is 220 g/mol. The zero-order valence-corrected chi connectivity index (χ0v) is 10.8. The fraction of sp³-hybridized carbons (Fsp3) is 0.750. The first-order valence-corrected chi connectivity index (χ1v) is 6.77. The molecule has 1 fully saturated rings. The smallest absolute Gasteiger partial charge is 0.107 e. The molecule has 0 spiro atoms. The second-order valence-electron chi connectivity index (χ2n) is 4.47. The highest BCUT2D eigenvalue weighted by Crippen LogP contribution is 2.21. The zero-order valence-electron chi connectivity index (χ0n) is 10.0. The van der Waals surface area contributed by atoms with Gasteiger partial charge in [0.2, 0.25) is 0 Å². The summed E-state index contributed by atoms with van der Waals surface area (Å²) in [6, 6.07) is 0.600. The lowest BCUT2D eigenvalue weighted by Crippen LogP contribution is -2.36. The van der Waals surface area contributed by atoms with E-state index in [1.165, 1.54) is 29.1 Å². The van der Waals surface area contributed by atoms with Crippen LogP contribution in [0.2, 0.25) is 0 Å². The van der Waals surface area contributed by atoms with Gasteiger partial charge in [-0.05, 0) is 32.6 Å². The standard InChI is InChI=1S/C12H20N2OS/c1-9-7-14-12(16-9)8-13-10-4-3-5-11(6-10)15-2/h7,10-11,13H,3-6,8H2,1-2H3. The number of methoxy groups -OCH3 is 1. The number of hydrogen-bond donors (Lipinski definition) is 1. The topological polar surface area (TPSA) is 34.1 Å². The molecule has 1 aromatic heterocycles. The molecule has 2 atom stereocenters. The number of aryl methyl sites for hydroxylation is 1. The summed E-state index contributed by atoms with van der Waals surface area (Å²) >= 11 is 1.78. The summed E-state index contributed by atoms with van der Waals surface area (Å²) < 4.78 is 5.42. The highest BCUT2D eigenvalue weighted by atomic mass is 32.1. The molecule has 1 aromatic rings. The van der Waals surface area contributed by atoms with Gasteiger partial charge in [-0.15, -0.1) is 11.3 Å². The Labute approximate surface area is 101 Å². The largest absolute Gasteiger partial charge is 0.381 e. The molecule has 1 aliphatic rings. The van der Waals surface area contributed by atoms with Gasteiger partial charge in [-0.3, -0.25) is 0 Å². The highest BCUT2D eigenvalue weighted by Gasteiger charge is 2.21. The third kappa shape index (κ3) is 3.27. The molecule has 2 unspecified atom stereocenters. The van der Waals surface area contributed by atoms with Gasteiger partial charge in [-0.2, -0.15) is 0 Å². The lowest BCUT2D eigenvalue weighted by Gasteiger charge is -2.28. The van der Waals surface area contributed by atoms with Gasteiger partial charge in [0, 0.05) is 30.8 Å². The first kappa shape index (κ1) is 12.0. The quantitative estimate of drug-likeness (QED) is 0.878. The van der Waals surface area contributed by atoms with Crippen LogP contribution in [0.1, 0.15) is 35.6 Å². The Balaban J connectivity index is 1.77. The third-order valence-electron chi connectivity index (χ3n) is 3.17. The molecule has 2 rings (SSSR count). The molecule has 16 heavy (non-hydrogen) atoms. The zero-order chi connectivity index (χ0) is 11.4. The number of thiazole rings is 1. The molecule has 90 valence electrons. The van der Waals surface area contributed by atoms with E-state index in [1.54, 1.807) is 11.3 Å². The van der Waals surface area contributed by atoms with Crippen LogP contribution in [0.15, 0.2) is 6.20 Å². The fourth-order valence-electron chi connectivity index (χ4n) is 2.26. The van der Waals surface area contributed by atoms with Gasteiger partial charge in [0.1, 0.15) is 5.01 Å². The van der Waals surface area contributed by atoms with Crippen LogP contribution in [0.3, 0.4) is 0 Å². The Kier molecular flexibility index (Phi) is 4.32. The normalized spacial score (nSPS) is 25.9. The molecular formula is C12H20N2OS. The molecule has 0 aliphatic heterocycles. The molecule has 0 amide bonds. The average Bonchev–Trinajstić information content (AvgIpc) is 2.73. The van der Waals surface area contributed by atoms with Crippen LogP contribution >= 0.6 is 11.3 Å². The van der Waals surface area contributed by atoms with E-state index >= 15 is 0 Å². The number of nitrogens with one attached hydrogen (secondary N) is 1. The minimum Gasteiger partial charge on any atom is -0.381 e. The van der Waals surface area contributed by atoms with E-state index in [9.17, 15) is 0 Å². The summed E-state index contributed by atoms with van der Waals surface area (Å²) in [5, 5.41) is 4.78. The molecule has 1 aliphatic carbocycles. The highest BCUT2D eigenvalue weighted by molar-refractivity contribution is 7.11.